The Morgan fingerprint density at radius 3 is 2.17 bits per heavy atom. The van der Waals surface area contributed by atoms with Gasteiger partial charge in [-0.3, -0.25) is 4.79 Å². The van der Waals surface area contributed by atoms with E-state index in [9.17, 15) is 41.0 Å². The maximum atomic E-state index is 15.3. The molecule has 0 fully saturated rings. The Hall–Kier alpha value is -4.47. The summed E-state index contributed by atoms with van der Waals surface area (Å²) >= 11 is 0. The molecule has 42 heavy (non-hydrogen) atoms. The number of nitrogens with one attached hydrogen (secondary N) is 1. The van der Waals surface area contributed by atoms with Gasteiger partial charge in [0.05, 0.1) is 12.7 Å². The molecule has 18 heteroatoms. The molecule has 0 bridgehead atoms. The molecular weight excluding hydrogens is 583 g/mol. The maximum absolute atomic E-state index is 15.3. The molecule has 1 aromatic heterocycles. The van der Waals surface area contributed by atoms with Gasteiger partial charge in [0.15, 0.2) is 33.0 Å². The van der Waals surface area contributed by atoms with Gasteiger partial charge >= 0.3 is 18.5 Å². The number of hydrogen-bond acceptors (Lipinski definition) is 8. The summed E-state index contributed by atoms with van der Waals surface area (Å²) in [5.41, 5.74) is -6.49. The molecule has 0 aliphatic rings. The van der Waals surface area contributed by atoms with Crippen LogP contribution in [0.3, 0.4) is 0 Å². The number of pyridine rings is 1. The van der Waals surface area contributed by atoms with Gasteiger partial charge in [-0.2, -0.15) is 13.2 Å². The minimum atomic E-state index is -5.28. The Bertz CT molecular complexity index is 1510. The molecule has 0 aliphatic carbocycles. The van der Waals surface area contributed by atoms with Crippen molar-refractivity contribution in [2.45, 2.75) is 25.0 Å². The number of carbonyl (C=O) groups excluding carboxylic acids is 2. The monoisotopic (exact) mass is 598 g/mol. The zero-order valence-electron chi connectivity index (χ0n) is 21.2. The van der Waals surface area contributed by atoms with Gasteiger partial charge in [0.25, 0.3) is 5.91 Å². The average Bonchev–Trinajstić information content (AvgIpc) is 2.83. The number of ether oxygens (including phenoxy) is 4. The Balaban J connectivity index is 2.13. The fourth-order valence-electron chi connectivity index (χ4n) is 3.28. The lowest BCUT2D eigenvalue weighted by Gasteiger charge is -2.24. The van der Waals surface area contributed by atoms with Crippen LogP contribution in [0, 0.1) is 12.7 Å². The highest BCUT2D eigenvalue weighted by Crippen LogP contribution is 2.41. The number of benzene rings is 2. The summed E-state index contributed by atoms with van der Waals surface area (Å²) in [6.45, 7) is 1.40. The van der Waals surface area contributed by atoms with Crippen LogP contribution in [0.25, 0.3) is 0 Å². The molecule has 0 spiro atoms. The van der Waals surface area contributed by atoms with Gasteiger partial charge in [0.2, 0.25) is 0 Å². The van der Waals surface area contributed by atoms with E-state index in [0.717, 1.165) is 25.4 Å². The predicted molar refractivity (Wildman–Crippen MR) is 130 cm³/mol. The zero-order chi connectivity index (χ0) is 31.6. The van der Waals surface area contributed by atoms with Gasteiger partial charge < -0.3 is 29.4 Å². The number of aliphatic hydroxyl groups is 1. The highest BCUT2D eigenvalue weighted by atomic mass is 19.4. The predicted octanol–water partition coefficient (Wildman–Crippen LogP) is 4.60. The summed E-state index contributed by atoms with van der Waals surface area (Å²) in [7, 11) is 11.3. The topological polar surface area (TPSA) is 116 Å². The van der Waals surface area contributed by atoms with E-state index in [1.54, 1.807) is 0 Å². The van der Waals surface area contributed by atoms with Gasteiger partial charge in [0.1, 0.15) is 28.3 Å². The standard InChI is InChI=1S/C24H15B2F7N2O7/c1-10-9-34-14(21(37)39-2)8-13(10)35-20(36)18-16(6-4-12(19(18)27)22(28,29)30)40-15-5-3-11(41-24(31,32)33)7-17(15)42-23(25,26)38/h3-9,38H,1-2H3,(H,34,35,36). The Kier molecular flexibility index (Phi) is 9.00. The maximum Gasteiger partial charge on any atom is 0.573 e. The number of anilines is 1. The van der Waals surface area contributed by atoms with Crippen LogP contribution < -0.4 is 19.5 Å². The van der Waals surface area contributed by atoms with Crippen LogP contribution in [0.4, 0.5) is 36.4 Å². The van der Waals surface area contributed by atoms with E-state index in [0.29, 0.717) is 18.2 Å². The first kappa shape index (κ1) is 32.0. The number of alkyl halides is 6. The van der Waals surface area contributed by atoms with E-state index in [4.69, 9.17) is 25.2 Å². The molecule has 0 unspecified atom stereocenters. The van der Waals surface area contributed by atoms with E-state index in [1.807, 2.05) is 0 Å². The van der Waals surface area contributed by atoms with Crippen LogP contribution in [0.5, 0.6) is 23.0 Å². The molecule has 218 valence electrons. The van der Waals surface area contributed by atoms with Crippen LogP contribution in [0.1, 0.15) is 32.0 Å². The Labute approximate surface area is 234 Å². The molecule has 2 N–H and O–H groups in total. The average molecular weight is 598 g/mol. The second-order valence-electron chi connectivity index (χ2n) is 8.24. The highest BCUT2D eigenvalue weighted by molar-refractivity contribution is 6.37. The van der Waals surface area contributed by atoms with Gasteiger partial charge in [0, 0.05) is 18.0 Å². The molecule has 0 saturated heterocycles. The molecule has 1 amide bonds. The van der Waals surface area contributed by atoms with Crippen molar-refractivity contribution in [2.75, 3.05) is 12.4 Å². The molecule has 9 nitrogen and oxygen atoms in total. The van der Waals surface area contributed by atoms with Crippen molar-refractivity contribution in [1.82, 2.24) is 4.98 Å². The second kappa shape index (κ2) is 11.8. The van der Waals surface area contributed by atoms with Crippen molar-refractivity contribution < 1.29 is 64.4 Å². The van der Waals surface area contributed by atoms with E-state index in [-0.39, 0.29) is 23.0 Å². The minimum Gasteiger partial charge on any atom is -0.478 e. The zero-order valence-corrected chi connectivity index (χ0v) is 21.2. The van der Waals surface area contributed by atoms with Gasteiger partial charge in [-0.1, -0.05) is 0 Å². The lowest BCUT2D eigenvalue weighted by Crippen LogP contribution is -2.36. The van der Waals surface area contributed by atoms with Crippen molar-refractivity contribution in [3.8, 4) is 23.0 Å². The lowest BCUT2D eigenvalue weighted by molar-refractivity contribution is -0.274. The van der Waals surface area contributed by atoms with E-state index in [2.05, 4.69) is 19.8 Å². The summed E-state index contributed by atoms with van der Waals surface area (Å²) in [5, 5.41) is 11.7. The van der Waals surface area contributed by atoms with Crippen LogP contribution in [0.15, 0.2) is 42.6 Å². The molecule has 2 aromatic carbocycles. The smallest absolute Gasteiger partial charge is 0.478 e. The van der Waals surface area contributed by atoms with Crippen LogP contribution in [-0.4, -0.2) is 56.7 Å². The number of aryl methyl sites for hydroxylation is 1. The van der Waals surface area contributed by atoms with Crippen LogP contribution >= 0.6 is 0 Å². The third kappa shape index (κ3) is 8.05. The third-order valence-electron chi connectivity index (χ3n) is 5.02. The summed E-state index contributed by atoms with van der Waals surface area (Å²) in [6, 6.07) is 3.66. The molecule has 0 atom stereocenters. The van der Waals surface area contributed by atoms with Crippen molar-refractivity contribution in [3.05, 3.63) is 70.8 Å². The molecule has 4 radical (unpaired) electrons. The SMILES string of the molecule is [B]C([B])(O)Oc1cc(OC(F)(F)F)ccc1Oc1ccc(C(F)(F)F)c(F)c1C(=O)Nc1cc(C(=O)OC)ncc1C. The third-order valence-corrected chi connectivity index (χ3v) is 5.02. The van der Waals surface area contributed by atoms with E-state index in [1.165, 1.54) is 6.92 Å². The number of esters is 1. The number of carbonyl (C=O) groups is 2. The van der Waals surface area contributed by atoms with Crippen molar-refractivity contribution in [2.24, 2.45) is 0 Å². The number of methoxy groups -OCH3 is 1. The first-order chi connectivity index (χ1) is 19.3. The van der Waals surface area contributed by atoms with Gasteiger partial charge in [-0.15, -0.1) is 13.2 Å². The number of nitrogens with zero attached hydrogens (tertiary/aromatic N) is 1. The minimum absolute atomic E-state index is 0.174. The Morgan fingerprint density at radius 1 is 0.952 bits per heavy atom. The van der Waals surface area contributed by atoms with Crippen molar-refractivity contribution in [1.29, 1.82) is 0 Å². The summed E-state index contributed by atoms with van der Waals surface area (Å²) in [4.78, 5) is 28.8. The quantitative estimate of drug-likeness (QED) is 0.168. The van der Waals surface area contributed by atoms with Crippen molar-refractivity contribution >= 4 is 33.3 Å². The van der Waals surface area contributed by atoms with Crippen LogP contribution in [0.2, 0.25) is 0 Å². The second-order valence-corrected chi connectivity index (χ2v) is 8.24. The summed E-state index contributed by atoms with van der Waals surface area (Å²) < 4.78 is 112. The summed E-state index contributed by atoms with van der Waals surface area (Å²) in [6.07, 6.45) is -9.33. The molecule has 1 heterocycles. The van der Waals surface area contributed by atoms with E-state index >= 15 is 4.39 Å². The molecule has 3 rings (SSSR count). The first-order valence-corrected chi connectivity index (χ1v) is 11.1. The number of rotatable bonds is 8. The summed E-state index contributed by atoms with van der Waals surface area (Å²) in [5.74, 6) is -7.91. The number of halogens is 7. The van der Waals surface area contributed by atoms with Crippen LogP contribution in [-0.2, 0) is 10.9 Å². The Morgan fingerprint density at radius 2 is 1.60 bits per heavy atom. The largest absolute Gasteiger partial charge is 0.573 e. The highest BCUT2D eigenvalue weighted by Gasteiger charge is 2.38. The number of aromatic nitrogens is 1. The van der Waals surface area contributed by atoms with Crippen molar-refractivity contribution in [3.63, 3.8) is 0 Å². The molecular formula is C24H15B2F7N2O7. The molecule has 0 aliphatic heterocycles. The lowest BCUT2D eigenvalue weighted by atomic mass is 9.76. The molecule has 0 saturated carbocycles. The fourth-order valence-corrected chi connectivity index (χ4v) is 3.28. The first-order valence-electron chi connectivity index (χ1n) is 11.1. The number of amides is 1. The normalized spacial score (nSPS) is 12.0. The van der Waals surface area contributed by atoms with Gasteiger partial charge in [-0.05, 0) is 42.8 Å². The molecule has 3 aromatic rings. The number of hydrogen-bond donors (Lipinski definition) is 2. The van der Waals surface area contributed by atoms with E-state index < -0.39 is 69.9 Å². The fraction of sp³-hybridized carbons (Fsp3) is 0.208. The van der Waals surface area contributed by atoms with Gasteiger partial charge in [-0.25, -0.2) is 14.2 Å².